The third-order valence-corrected chi connectivity index (χ3v) is 1.85. The molecule has 12 heavy (non-hydrogen) atoms. The molecular formula is C8H9Cl2NO. The van der Waals surface area contributed by atoms with Crippen LogP contribution in [0.15, 0.2) is 18.2 Å². The van der Waals surface area contributed by atoms with Gasteiger partial charge in [0.15, 0.2) is 0 Å². The molecule has 0 unspecified atom stereocenters. The molecule has 2 nitrogen and oxygen atoms in total. The molecule has 1 aliphatic rings. The second-order valence-corrected chi connectivity index (χ2v) is 2.85. The Morgan fingerprint density at radius 2 is 2.25 bits per heavy atom. The maximum Gasteiger partial charge on any atom is 0.143 e. The summed E-state index contributed by atoms with van der Waals surface area (Å²) in [7, 11) is 0. The van der Waals surface area contributed by atoms with Crippen LogP contribution in [0.1, 0.15) is 0 Å². The maximum atomic E-state index is 5.77. The largest absolute Gasteiger partial charge is 0.490 e. The molecule has 1 N–H and O–H groups in total. The first-order valence-electron chi connectivity index (χ1n) is 3.52. The van der Waals surface area contributed by atoms with Crippen molar-refractivity contribution < 1.29 is 4.74 Å². The molecule has 1 heterocycles. The number of anilines is 1. The van der Waals surface area contributed by atoms with Gasteiger partial charge in [0, 0.05) is 17.6 Å². The molecule has 4 heteroatoms. The lowest BCUT2D eigenvalue weighted by Gasteiger charge is -2.18. The average Bonchev–Trinajstić information content (AvgIpc) is 2.04. The zero-order chi connectivity index (χ0) is 7.68. The summed E-state index contributed by atoms with van der Waals surface area (Å²) < 4.78 is 5.36. The molecule has 1 aromatic rings. The normalized spacial score (nSPS) is 13.4. The Kier molecular flexibility index (Phi) is 3.06. The van der Waals surface area contributed by atoms with Crippen molar-refractivity contribution in [1.82, 2.24) is 0 Å². The van der Waals surface area contributed by atoms with Crippen LogP contribution < -0.4 is 10.1 Å². The Hall–Kier alpha value is -0.600. The van der Waals surface area contributed by atoms with Gasteiger partial charge in [-0.05, 0) is 12.1 Å². The fourth-order valence-electron chi connectivity index (χ4n) is 1.11. The molecule has 66 valence electrons. The number of ether oxygens (including phenoxy) is 1. The van der Waals surface area contributed by atoms with Crippen molar-refractivity contribution in [2.24, 2.45) is 0 Å². The van der Waals surface area contributed by atoms with Crippen LogP contribution >= 0.6 is 24.0 Å². The van der Waals surface area contributed by atoms with Gasteiger partial charge in [-0.1, -0.05) is 11.6 Å². The van der Waals surface area contributed by atoms with Crippen molar-refractivity contribution in [1.29, 1.82) is 0 Å². The van der Waals surface area contributed by atoms with E-state index in [1.807, 2.05) is 18.2 Å². The lowest BCUT2D eigenvalue weighted by molar-refractivity contribution is 0.323. The van der Waals surface area contributed by atoms with Gasteiger partial charge in [-0.25, -0.2) is 0 Å². The van der Waals surface area contributed by atoms with E-state index in [9.17, 15) is 0 Å². The van der Waals surface area contributed by atoms with Crippen LogP contribution in [-0.2, 0) is 0 Å². The molecule has 0 spiro atoms. The molecule has 0 amide bonds. The fourth-order valence-corrected chi connectivity index (χ4v) is 1.27. The van der Waals surface area contributed by atoms with E-state index >= 15 is 0 Å². The van der Waals surface area contributed by atoms with Crippen molar-refractivity contribution in [3.63, 3.8) is 0 Å². The highest BCUT2D eigenvalue weighted by atomic mass is 35.5. The molecule has 1 aliphatic heterocycles. The van der Waals surface area contributed by atoms with Crippen LogP contribution in [0.5, 0.6) is 5.75 Å². The van der Waals surface area contributed by atoms with Gasteiger partial charge in [0.05, 0.1) is 5.69 Å². The second-order valence-electron chi connectivity index (χ2n) is 2.42. The topological polar surface area (TPSA) is 21.3 Å². The molecule has 1 aromatic carbocycles. The predicted octanol–water partition coefficient (Wildman–Crippen LogP) is 2.57. The van der Waals surface area contributed by atoms with Gasteiger partial charge in [0.2, 0.25) is 0 Å². The molecule has 0 aliphatic carbocycles. The number of benzene rings is 1. The number of fused-ring (bicyclic) bond motifs is 1. The van der Waals surface area contributed by atoms with Gasteiger partial charge in [-0.15, -0.1) is 12.4 Å². The summed E-state index contributed by atoms with van der Waals surface area (Å²) in [5.41, 5.74) is 1.03. The first-order valence-corrected chi connectivity index (χ1v) is 3.90. The molecule has 0 atom stereocenters. The summed E-state index contributed by atoms with van der Waals surface area (Å²) >= 11 is 5.77. The van der Waals surface area contributed by atoms with E-state index in [2.05, 4.69) is 5.32 Å². The molecule has 0 aromatic heterocycles. The van der Waals surface area contributed by atoms with Gasteiger partial charge in [-0.2, -0.15) is 0 Å². The maximum absolute atomic E-state index is 5.77. The molecule has 0 radical (unpaired) electrons. The standard InChI is InChI=1S/C8H8ClNO.ClH/c9-6-1-2-7-8(5-6)11-4-3-10-7;/h1-2,5,10H,3-4H2;1H. The summed E-state index contributed by atoms with van der Waals surface area (Å²) in [6.07, 6.45) is 0. The summed E-state index contributed by atoms with van der Waals surface area (Å²) in [5.74, 6) is 0.851. The van der Waals surface area contributed by atoms with Crippen molar-refractivity contribution in [3.8, 4) is 5.75 Å². The molecular weight excluding hydrogens is 197 g/mol. The Balaban J connectivity index is 0.000000720. The minimum Gasteiger partial charge on any atom is -0.490 e. The van der Waals surface area contributed by atoms with Crippen molar-refractivity contribution >= 4 is 29.7 Å². The smallest absolute Gasteiger partial charge is 0.143 e. The van der Waals surface area contributed by atoms with Gasteiger partial charge in [0.25, 0.3) is 0 Å². The highest BCUT2D eigenvalue weighted by molar-refractivity contribution is 6.30. The zero-order valence-corrected chi connectivity index (χ0v) is 7.91. The van der Waals surface area contributed by atoms with E-state index < -0.39 is 0 Å². The summed E-state index contributed by atoms with van der Waals surface area (Å²) in [4.78, 5) is 0. The van der Waals surface area contributed by atoms with Crippen LogP contribution in [0.25, 0.3) is 0 Å². The monoisotopic (exact) mass is 205 g/mol. The summed E-state index contributed by atoms with van der Waals surface area (Å²) in [6.45, 7) is 1.59. The van der Waals surface area contributed by atoms with E-state index in [1.165, 1.54) is 0 Å². The fraction of sp³-hybridized carbons (Fsp3) is 0.250. The van der Waals surface area contributed by atoms with E-state index in [0.717, 1.165) is 18.0 Å². The third-order valence-electron chi connectivity index (χ3n) is 1.62. The third kappa shape index (κ3) is 1.76. The highest BCUT2D eigenvalue weighted by Gasteiger charge is 2.08. The number of hydrogen-bond donors (Lipinski definition) is 1. The van der Waals surface area contributed by atoms with Gasteiger partial charge in [0.1, 0.15) is 12.4 Å². The molecule has 2 rings (SSSR count). The first kappa shape index (κ1) is 9.49. The van der Waals surface area contributed by atoms with Crippen LogP contribution in [0.4, 0.5) is 5.69 Å². The van der Waals surface area contributed by atoms with E-state index in [4.69, 9.17) is 16.3 Å². The van der Waals surface area contributed by atoms with Crippen LogP contribution in [-0.4, -0.2) is 13.2 Å². The Morgan fingerprint density at radius 3 is 3.08 bits per heavy atom. The van der Waals surface area contributed by atoms with Gasteiger partial charge < -0.3 is 10.1 Å². The van der Waals surface area contributed by atoms with Crippen molar-refractivity contribution in [2.45, 2.75) is 0 Å². The lowest BCUT2D eigenvalue weighted by Crippen LogP contribution is -2.17. The summed E-state index contributed by atoms with van der Waals surface area (Å²) in [5, 5.41) is 3.92. The van der Waals surface area contributed by atoms with Crippen molar-refractivity contribution in [2.75, 3.05) is 18.5 Å². The molecule has 0 saturated carbocycles. The van der Waals surface area contributed by atoms with E-state index in [0.29, 0.717) is 11.6 Å². The Morgan fingerprint density at radius 1 is 1.42 bits per heavy atom. The minimum absolute atomic E-state index is 0. The van der Waals surface area contributed by atoms with Crippen LogP contribution in [0.3, 0.4) is 0 Å². The van der Waals surface area contributed by atoms with E-state index in [1.54, 1.807) is 0 Å². The number of hydrogen-bond acceptors (Lipinski definition) is 2. The number of halogens is 2. The number of nitrogens with one attached hydrogen (secondary N) is 1. The van der Waals surface area contributed by atoms with Crippen LogP contribution in [0.2, 0.25) is 5.02 Å². The quantitative estimate of drug-likeness (QED) is 0.704. The lowest BCUT2D eigenvalue weighted by atomic mass is 10.2. The Labute approximate surface area is 82.3 Å². The van der Waals surface area contributed by atoms with Gasteiger partial charge >= 0.3 is 0 Å². The molecule has 0 fully saturated rings. The summed E-state index contributed by atoms with van der Waals surface area (Å²) in [6, 6.07) is 5.60. The highest BCUT2D eigenvalue weighted by Crippen LogP contribution is 2.29. The second kappa shape index (κ2) is 3.87. The SMILES string of the molecule is Cl.Clc1ccc2c(c1)OCCN2. The zero-order valence-electron chi connectivity index (χ0n) is 6.34. The minimum atomic E-state index is 0. The predicted molar refractivity (Wildman–Crippen MR) is 52.7 cm³/mol. The van der Waals surface area contributed by atoms with Crippen LogP contribution in [0, 0.1) is 0 Å². The first-order chi connectivity index (χ1) is 5.36. The Bertz CT molecular complexity index is 278. The van der Waals surface area contributed by atoms with Gasteiger partial charge in [-0.3, -0.25) is 0 Å². The van der Waals surface area contributed by atoms with E-state index in [-0.39, 0.29) is 12.4 Å². The molecule has 0 saturated heterocycles. The average molecular weight is 206 g/mol. The molecule has 0 bridgehead atoms. The van der Waals surface area contributed by atoms with Crippen molar-refractivity contribution in [3.05, 3.63) is 23.2 Å². The number of rotatable bonds is 0.